The van der Waals surface area contributed by atoms with Gasteiger partial charge < -0.3 is 10.4 Å². The van der Waals surface area contributed by atoms with Crippen LogP contribution in [0.5, 0.6) is 0 Å². The maximum Gasteiger partial charge on any atom is 0.127 e. The Labute approximate surface area is 91.5 Å². The summed E-state index contributed by atoms with van der Waals surface area (Å²) >= 11 is 2.22. The molecule has 0 aromatic carbocycles. The van der Waals surface area contributed by atoms with Crippen LogP contribution in [0.2, 0.25) is 0 Å². The predicted molar refractivity (Wildman–Crippen MR) is 59.3 cm³/mol. The number of aromatic nitrogens is 2. The Hall–Kier alpha value is -0.140. The van der Waals surface area contributed by atoms with Gasteiger partial charge in [-0.2, -0.15) is 5.10 Å². The molecular weight excluding hydrogens is 281 g/mol. The highest BCUT2D eigenvalue weighted by molar-refractivity contribution is 14.1. The Bertz CT molecular complexity index is 262. The highest BCUT2D eigenvalue weighted by Crippen LogP contribution is 2.08. The van der Waals surface area contributed by atoms with Crippen molar-refractivity contribution in [2.45, 2.75) is 13.0 Å². The number of rotatable bonds is 5. The number of nitrogens with zero attached hydrogens (tertiary/aromatic N) is 2. The minimum absolute atomic E-state index is 0.247. The van der Waals surface area contributed by atoms with Gasteiger partial charge in [-0.1, -0.05) is 0 Å². The maximum absolute atomic E-state index is 8.56. The van der Waals surface area contributed by atoms with Crippen LogP contribution in [0.15, 0.2) is 6.20 Å². The van der Waals surface area contributed by atoms with Crippen LogP contribution < -0.4 is 5.32 Å². The Balaban J connectivity index is 2.32. The van der Waals surface area contributed by atoms with Crippen LogP contribution in [-0.4, -0.2) is 28.0 Å². The van der Waals surface area contributed by atoms with Crippen molar-refractivity contribution in [2.75, 3.05) is 13.2 Å². The van der Waals surface area contributed by atoms with Crippen LogP contribution in [0, 0.1) is 3.70 Å². The first-order valence-electron chi connectivity index (χ1n) is 4.23. The molecule has 0 amide bonds. The summed E-state index contributed by atoms with van der Waals surface area (Å²) in [5.74, 6) is 0. The van der Waals surface area contributed by atoms with Crippen molar-refractivity contribution in [3.8, 4) is 0 Å². The molecule has 2 N–H and O–H groups in total. The van der Waals surface area contributed by atoms with Gasteiger partial charge in [0.2, 0.25) is 0 Å². The monoisotopic (exact) mass is 295 g/mol. The zero-order valence-corrected chi connectivity index (χ0v) is 9.78. The normalized spacial score (nSPS) is 10.7. The summed E-state index contributed by atoms with van der Waals surface area (Å²) in [6.45, 7) is 1.92. The topological polar surface area (TPSA) is 50.1 Å². The van der Waals surface area contributed by atoms with E-state index in [0.717, 1.165) is 23.2 Å². The highest BCUT2D eigenvalue weighted by atomic mass is 127. The van der Waals surface area contributed by atoms with Gasteiger partial charge in [-0.25, -0.2) is 0 Å². The van der Waals surface area contributed by atoms with Crippen LogP contribution in [-0.2, 0) is 13.6 Å². The molecule has 0 fully saturated rings. The Kier molecular flexibility index (Phi) is 4.68. The zero-order valence-electron chi connectivity index (χ0n) is 7.63. The number of halogens is 1. The quantitative estimate of drug-likeness (QED) is 0.614. The molecule has 0 unspecified atom stereocenters. The number of hydrogen-bond donors (Lipinski definition) is 2. The third-order valence-corrected chi connectivity index (χ3v) is 2.59. The Morgan fingerprint density at radius 2 is 2.46 bits per heavy atom. The van der Waals surface area contributed by atoms with Gasteiger partial charge in [-0.05, 0) is 35.6 Å². The fourth-order valence-electron chi connectivity index (χ4n) is 1.06. The lowest BCUT2D eigenvalue weighted by molar-refractivity contribution is 0.286. The number of aliphatic hydroxyl groups excluding tert-OH is 1. The molecule has 13 heavy (non-hydrogen) atoms. The summed E-state index contributed by atoms with van der Waals surface area (Å²) in [6, 6.07) is 0. The fraction of sp³-hybridized carbons (Fsp3) is 0.625. The Morgan fingerprint density at radius 3 is 3.00 bits per heavy atom. The van der Waals surface area contributed by atoms with E-state index in [4.69, 9.17) is 5.11 Å². The van der Waals surface area contributed by atoms with Crippen molar-refractivity contribution in [1.29, 1.82) is 0 Å². The molecule has 1 heterocycles. The molecule has 0 aliphatic heterocycles. The minimum atomic E-state index is 0.247. The van der Waals surface area contributed by atoms with Crippen molar-refractivity contribution in [3.63, 3.8) is 0 Å². The standard InChI is InChI=1S/C8H14IN3O/c1-12-6-7(8(9)11-12)5-10-3-2-4-13/h6,10,13H,2-5H2,1H3. The van der Waals surface area contributed by atoms with E-state index in [1.165, 1.54) is 5.56 Å². The third-order valence-electron chi connectivity index (χ3n) is 1.68. The Morgan fingerprint density at radius 1 is 1.69 bits per heavy atom. The lowest BCUT2D eigenvalue weighted by Gasteiger charge is -2.00. The smallest absolute Gasteiger partial charge is 0.127 e. The van der Waals surface area contributed by atoms with Gasteiger partial charge in [0, 0.05) is 32.0 Å². The second kappa shape index (κ2) is 5.56. The average Bonchev–Trinajstić information content (AvgIpc) is 2.39. The van der Waals surface area contributed by atoms with Crippen LogP contribution in [0.25, 0.3) is 0 Å². The van der Waals surface area contributed by atoms with E-state index in [9.17, 15) is 0 Å². The summed E-state index contributed by atoms with van der Waals surface area (Å²) in [7, 11) is 1.92. The minimum Gasteiger partial charge on any atom is -0.396 e. The summed E-state index contributed by atoms with van der Waals surface area (Å²) in [6.07, 6.45) is 2.81. The molecule has 4 nitrogen and oxygen atoms in total. The number of aryl methyl sites for hydroxylation is 1. The van der Waals surface area contributed by atoms with Crippen molar-refractivity contribution in [1.82, 2.24) is 15.1 Å². The molecule has 0 bridgehead atoms. The van der Waals surface area contributed by atoms with E-state index in [1.54, 1.807) is 0 Å². The summed E-state index contributed by atoms with van der Waals surface area (Å²) in [4.78, 5) is 0. The number of hydrogen-bond acceptors (Lipinski definition) is 3. The molecule has 1 rings (SSSR count). The van der Waals surface area contributed by atoms with Crippen LogP contribution in [0.3, 0.4) is 0 Å². The van der Waals surface area contributed by atoms with E-state index < -0.39 is 0 Å². The molecule has 0 aliphatic rings. The second-order valence-corrected chi connectivity index (χ2v) is 3.89. The first-order chi connectivity index (χ1) is 6.24. The first-order valence-corrected chi connectivity index (χ1v) is 5.31. The van der Waals surface area contributed by atoms with Gasteiger partial charge in [-0.3, -0.25) is 4.68 Å². The van der Waals surface area contributed by atoms with Gasteiger partial charge in [0.25, 0.3) is 0 Å². The summed E-state index contributed by atoms with van der Waals surface area (Å²) in [5, 5.41) is 16.0. The van der Waals surface area contributed by atoms with Crippen molar-refractivity contribution < 1.29 is 5.11 Å². The number of nitrogens with one attached hydrogen (secondary N) is 1. The summed E-state index contributed by atoms with van der Waals surface area (Å²) in [5.41, 5.74) is 1.21. The second-order valence-electron chi connectivity index (χ2n) is 2.87. The van der Waals surface area contributed by atoms with Crippen molar-refractivity contribution in [2.24, 2.45) is 7.05 Å². The molecule has 5 heteroatoms. The lowest BCUT2D eigenvalue weighted by Crippen LogP contribution is -2.15. The summed E-state index contributed by atoms with van der Waals surface area (Å²) < 4.78 is 2.85. The predicted octanol–water partition coefficient (Wildman–Crippen LogP) is 0.497. The van der Waals surface area contributed by atoms with Crippen molar-refractivity contribution >= 4 is 22.6 Å². The molecule has 0 spiro atoms. The van der Waals surface area contributed by atoms with Gasteiger partial charge in [0.15, 0.2) is 0 Å². The first kappa shape index (κ1) is 10.9. The zero-order chi connectivity index (χ0) is 9.68. The van der Waals surface area contributed by atoms with Gasteiger partial charge >= 0.3 is 0 Å². The van der Waals surface area contributed by atoms with Crippen LogP contribution >= 0.6 is 22.6 Å². The maximum atomic E-state index is 8.56. The number of aliphatic hydroxyl groups is 1. The van der Waals surface area contributed by atoms with Crippen LogP contribution in [0.4, 0.5) is 0 Å². The van der Waals surface area contributed by atoms with Crippen LogP contribution in [0.1, 0.15) is 12.0 Å². The molecule has 1 aromatic rings. The SMILES string of the molecule is Cn1cc(CNCCCO)c(I)n1. The largest absolute Gasteiger partial charge is 0.396 e. The van der Waals surface area contributed by atoms with E-state index in [2.05, 4.69) is 33.0 Å². The van der Waals surface area contributed by atoms with E-state index in [-0.39, 0.29) is 6.61 Å². The molecule has 0 aliphatic carbocycles. The molecule has 1 aromatic heterocycles. The van der Waals surface area contributed by atoms with Crippen molar-refractivity contribution in [3.05, 3.63) is 15.5 Å². The molecule has 0 radical (unpaired) electrons. The average molecular weight is 295 g/mol. The highest BCUT2D eigenvalue weighted by Gasteiger charge is 2.02. The van der Waals surface area contributed by atoms with Gasteiger partial charge in [0.05, 0.1) is 0 Å². The molecular formula is C8H14IN3O. The molecule has 0 saturated heterocycles. The molecule has 0 saturated carbocycles. The van der Waals surface area contributed by atoms with E-state index in [1.807, 2.05) is 17.9 Å². The van der Waals surface area contributed by atoms with E-state index in [0.29, 0.717) is 0 Å². The molecule has 74 valence electrons. The molecule has 0 atom stereocenters. The fourth-order valence-corrected chi connectivity index (χ4v) is 1.73. The van der Waals surface area contributed by atoms with E-state index >= 15 is 0 Å². The van der Waals surface area contributed by atoms with Gasteiger partial charge in [-0.15, -0.1) is 0 Å². The third kappa shape index (κ3) is 3.61. The lowest BCUT2D eigenvalue weighted by atomic mass is 10.3. The van der Waals surface area contributed by atoms with Gasteiger partial charge in [0.1, 0.15) is 3.70 Å².